The monoisotopic (exact) mass is 300 g/mol. The molecule has 0 radical (unpaired) electrons. The van der Waals surface area contributed by atoms with Crippen LogP contribution in [0.3, 0.4) is 0 Å². The normalized spacial score (nSPS) is 19.9. The first-order valence-electron chi connectivity index (χ1n) is 7.02. The summed E-state index contributed by atoms with van der Waals surface area (Å²) in [5.41, 5.74) is 0. The summed E-state index contributed by atoms with van der Waals surface area (Å²) in [6.45, 7) is 7.03. The molecular weight excluding hydrogens is 276 g/mol. The van der Waals surface area contributed by atoms with E-state index in [0.717, 1.165) is 12.6 Å². The summed E-state index contributed by atoms with van der Waals surface area (Å²) >= 11 is 1.97. The van der Waals surface area contributed by atoms with Gasteiger partial charge in [-0.3, -0.25) is 4.90 Å². The average Bonchev–Trinajstić information content (AvgIpc) is 2.42. The van der Waals surface area contributed by atoms with Gasteiger partial charge < -0.3 is 5.32 Å². The van der Waals surface area contributed by atoms with Crippen LogP contribution in [0.4, 0.5) is 0 Å². The number of hydrogen-bond acceptors (Lipinski definition) is 3. The molecule has 1 heterocycles. The van der Waals surface area contributed by atoms with Crippen molar-refractivity contribution in [3.8, 4) is 0 Å². The van der Waals surface area contributed by atoms with Gasteiger partial charge in [0, 0.05) is 42.9 Å². The van der Waals surface area contributed by atoms with E-state index >= 15 is 0 Å². The van der Waals surface area contributed by atoms with E-state index in [9.17, 15) is 0 Å². The first kappa shape index (κ1) is 16.8. The molecule has 108 valence electrons. The lowest BCUT2D eigenvalue weighted by atomic mass is 10.1. The molecule has 1 N–H and O–H groups in total. The number of nitrogens with zero attached hydrogens (tertiary/aromatic N) is 1. The van der Waals surface area contributed by atoms with Crippen molar-refractivity contribution in [3.63, 3.8) is 0 Å². The summed E-state index contributed by atoms with van der Waals surface area (Å²) in [7, 11) is 0. The van der Waals surface area contributed by atoms with Crippen molar-refractivity contribution in [2.24, 2.45) is 0 Å². The lowest BCUT2D eigenvalue weighted by molar-refractivity contribution is 0.162. The molecule has 1 aromatic rings. The maximum Gasteiger partial charge on any atom is 0.0221 e. The summed E-state index contributed by atoms with van der Waals surface area (Å²) in [5, 5.41) is 3.51. The Balaban J connectivity index is 0.00000180. The number of piperazine rings is 1. The van der Waals surface area contributed by atoms with Crippen LogP contribution in [0.15, 0.2) is 35.2 Å². The highest BCUT2D eigenvalue weighted by Gasteiger charge is 2.20. The molecule has 2 nitrogen and oxygen atoms in total. The van der Waals surface area contributed by atoms with Crippen LogP contribution in [-0.2, 0) is 0 Å². The molecule has 0 amide bonds. The number of benzene rings is 1. The predicted octanol–water partition coefficient (Wildman–Crippen LogP) is 3.27. The molecule has 1 atom stereocenters. The molecule has 1 saturated heterocycles. The first-order valence-corrected chi connectivity index (χ1v) is 8.01. The molecule has 0 bridgehead atoms. The zero-order valence-corrected chi connectivity index (χ0v) is 13.3. The maximum atomic E-state index is 3.51. The Hall–Kier alpha value is -0.220. The lowest BCUT2D eigenvalue weighted by Crippen LogP contribution is -2.51. The Labute approximate surface area is 127 Å². The third-order valence-corrected chi connectivity index (χ3v) is 4.48. The van der Waals surface area contributed by atoms with E-state index in [1.807, 2.05) is 11.8 Å². The largest absolute Gasteiger partial charge is 0.314 e. The van der Waals surface area contributed by atoms with Crippen molar-refractivity contribution in [3.05, 3.63) is 30.3 Å². The van der Waals surface area contributed by atoms with Crippen LogP contribution in [0.25, 0.3) is 0 Å². The minimum atomic E-state index is 0. The SMILES string of the molecule is CCCC1CNCCN1CCSc1ccccc1.Cl. The second kappa shape index (κ2) is 9.65. The van der Waals surface area contributed by atoms with E-state index in [2.05, 4.69) is 47.5 Å². The van der Waals surface area contributed by atoms with Gasteiger partial charge >= 0.3 is 0 Å². The van der Waals surface area contributed by atoms with Crippen molar-refractivity contribution < 1.29 is 0 Å². The molecule has 0 saturated carbocycles. The van der Waals surface area contributed by atoms with Crippen LogP contribution in [0.1, 0.15) is 19.8 Å². The van der Waals surface area contributed by atoms with Crippen molar-refractivity contribution >= 4 is 24.2 Å². The summed E-state index contributed by atoms with van der Waals surface area (Å²) in [4.78, 5) is 4.05. The van der Waals surface area contributed by atoms with E-state index in [-0.39, 0.29) is 12.4 Å². The highest BCUT2D eigenvalue weighted by molar-refractivity contribution is 7.99. The summed E-state index contributed by atoms with van der Waals surface area (Å²) in [5.74, 6) is 1.20. The fourth-order valence-electron chi connectivity index (χ4n) is 2.51. The highest BCUT2D eigenvalue weighted by Crippen LogP contribution is 2.18. The molecule has 1 unspecified atom stereocenters. The number of thioether (sulfide) groups is 1. The summed E-state index contributed by atoms with van der Waals surface area (Å²) in [6.07, 6.45) is 2.61. The number of hydrogen-bond donors (Lipinski definition) is 1. The third-order valence-electron chi connectivity index (χ3n) is 3.48. The second-order valence-corrected chi connectivity index (χ2v) is 6.01. The van der Waals surface area contributed by atoms with Gasteiger partial charge in [0.1, 0.15) is 0 Å². The molecule has 0 aliphatic carbocycles. The van der Waals surface area contributed by atoms with Crippen molar-refractivity contribution in [1.82, 2.24) is 10.2 Å². The Morgan fingerprint density at radius 1 is 1.32 bits per heavy atom. The van der Waals surface area contributed by atoms with Gasteiger partial charge in [-0.05, 0) is 18.6 Å². The van der Waals surface area contributed by atoms with Crippen LogP contribution in [-0.4, -0.2) is 42.9 Å². The van der Waals surface area contributed by atoms with Crippen LogP contribution >= 0.6 is 24.2 Å². The fraction of sp³-hybridized carbons (Fsp3) is 0.600. The highest BCUT2D eigenvalue weighted by atomic mass is 35.5. The Kier molecular flexibility index (Phi) is 8.55. The van der Waals surface area contributed by atoms with Gasteiger partial charge in [0.2, 0.25) is 0 Å². The van der Waals surface area contributed by atoms with Gasteiger partial charge in [-0.15, -0.1) is 24.2 Å². The van der Waals surface area contributed by atoms with Crippen molar-refractivity contribution in [2.45, 2.75) is 30.7 Å². The average molecular weight is 301 g/mol. The van der Waals surface area contributed by atoms with E-state index in [0.29, 0.717) is 0 Å². The molecule has 1 aromatic carbocycles. The quantitative estimate of drug-likeness (QED) is 0.812. The molecule has 0 aromatic heterocycles. The van der Waals surface area contributed by atoms with E-state index in [1.165, 1.54) is 43.1 Å². The number of rotatable bonds is 6. The van der Waals surface area contributed by atoms with Crippen molar-refractivity contribution in [2.75, 3.05) is 31.9 Å². The summed E-state index contributed by atoms with van der Waals surface area (Å²) < 4.78 is 0. The molecule has 1 aliphatic heterocycles. The molecule has 4 heteroatoms. The van der Waals surface area contributed by atoms with Gasteiger partial charge in [0.15, 0.2) is 0 Å². The van der Waals surface area contributed by atoms with Crippen LogP contribution in [0, 0.1) is 0 Å². The Bertz CT molecular complexity index is 332. The zero-order valence-electron chi connectivity index (χ0n) is 11.7. The van der Waals surface area contributed by atoms with Crippen LogP contribution in [0.5, 0.6) is 0 Å². The van der Waals surface area contributed by atoms with Crippen molar-refractivity contribution in [1.29, 1.82) is 0 Å². The third kappa shape index (κ3) is 5.74. The van der Waals surface area contributed by atoms with Gasteiger partial charge in [-0.1, -0.05) is 31.5 Å². The minimum absolute atomic E-state index is 0. The summed E-state index contributed by atoms with van der Waals surface area (Å²) in [6, 6.07) is 11.5. The molecule has 2 rings (SSSR count). The lowest BCUT2D eigenvalue weighted by Gasteiger charge is -2.36. The standard InChI is InChI=1S/C15H24N2S.ClH/c1-2-6-14-13-16-9-10-17(14)11-12-18-15-7-4-3-5-8-15;/h3-5,7-8,14,16H,2,6,9-13H2,1H3;1H. The van der Waals surface area contributed by atoms with E-state index in [4.69, 9.17) is 0 Å². The van der Waals surface area contributed by atoms with Gasteiger partial charge in [-0.2, -0.15) is 0 Å². The Morgan fingerprint density at radius 3 is 2.84 bits per heavy atom. The molecule has 1 fully saturated rings. The molecule has 0 spiro atoms. The van der Waals surface area contributed by atoms with E-state index in [1.54, 1.807) is 0 Å². The predicted molar refractivity (Wildman–Crippen MR) is 87.6 cm³/mol. The van der Waals surface area contributed by atoms with Crippen LogP contribution in [0.2, 0.25) is 0 Å². The topological polar surface area (TPSA) is 15.3 Å². The molecule has 1 aliphatic rings. The number of nitrogens with one attached hydrogen (secondary N) is 1. The Morgan fingerprint density at radius 2 is 2.11 bits per heavy atom. The van der Waals surface area contributed by atoms with Gasteiger partial charge in [0.05, 0.1) is 0 Å². The van der Waals surface area contributed by atoms with Gasteiger partial charge in [-0.25, -0.2) is 0 Å². The first-order chi connectivity index (χ1) is 8.90. The van der Waals surface area contributed by atoms with Crippen LogP contribution < -0.4 is 5.32 Å². The fourth-order valence-corrected chi connectivity index (χ4v) is 3.42. The maximum absolute atomic E-state index is 3.51. The second-order valence-electron chi connectivity index (χ2n) is 4.84. The van der Waals surface area contributed by atoms with E-state index < -0.39 is 0 Å². The van der Waals surface area contributed by atoms with Gasteiger partial charge in [0.25, 0.3) is 0 Å². The zero-order chi connectivity index (χ0) is 12.6. The number of halogens is 1. The molecular formula is C15H25ClN2S. The minimum Gasteiger partial charge on any atom is -0.314 e. The molecule has 19 heavy (non-hydrogen) atoms. The smallest absolute Gasteiger partial charge is 0.0221 e.